The van der Waals surface area contributed by atoms with Crippen LogP contribution in [0, 0.1) is 5.82 Å². The van der Waals surface area contributed by atoms with Gasteiger partial charge in [-0.05, 0) is 42.0 Å². The maximum atomic E-state index is 14.1. The van der Waals surface area contributed by atoms with Crippen molar-refractivity contribution in [2.45, 2.75) is 11.4 Å². The molecule has 7 heteroatoms. The molecule has 0 bridgehead atoms. The zero-order valence-electron chi connectivity index (χ0n) is 15.2. The summed E-state index contributed by atoms with van der Waals surface area (Å²) in [5, 5.41) is 1.15. The minimum atomic E-state index is -0.382. The number of benzene rings is 3. The minimum absolute atomic E-state index is 0.0896. The van der Waals surface area contributed by atoms with Crippen LogP contribution in [0.25, 0.3) is 10.2 Å². The van der Waals surface area contributed by atoms with E-state index in [1.807, 2.05) is 48.5 Å². The second-order valence-electron chi connectivity index (χ2n) is 6.29. The summed E-state index contributed by atoms with van der Waals surface area (Å²) in [6, 6.07) is 21.9. The zero-order chi connectivity index (χ0) is 20.2. The maximum Gasteiger partial charge on any atom is 0.239 e. The fourth-order valence-corrected chi connectivity index (χ4v) is 4.70. The summed E-state index contributed by atoms with van der Waals surface area (Å²) in [4.78, 5) is 20.1. The highest BCUT2D eigenvalue weighted by Gasteiger charge is 2.21. The number of thiazole rings is 1. The lowest BCUT2D eigenvalue weighted by atomic mass is 10.2. The standard InChI is InChI=1S/C22H16ClFN2OS2/c23-16-9-11-17(12-10-16)28-14-20(27)26(13-15-5-2-1-3-6-15)22-25-21-18(24)7-4-8-19(21)29-22/h1-12H,13-14H2. The molecule has 0 saturated heterocycles. The smallest absolute Gasteiger partial charge is 0.239 e. The number of hydrogen-bond donors (Lipinski definition) is 0. The molecule has 1 amide bonds. The molecule has 1 aromatic heterocycles. The lowest BCUT2D eigenvalue weighted by Gasteiger charge is -2.20. The number of halogens is 2. The van der Waals surface area contributed by atoms with Crippen LogP contribution in [0.3, 0.4) is 0 Å². The van der Waals surface area contributed by atoms with Crippen LogP contribution in [0.2, 0.25) is 5.02 Å². The molecular formula is C22H16ClFN2OS2. The average Bonchev–Trinajstić information content (AvgIpc) is 3.17. The first kappa shape index (κ1) is 19.9. The van der Waals surface area contributed by atoms with Gasteiger partial charge in [0.05, 0.1) is 17.0 Å². The van der Waals surface area contributed by atoms with E-state index >= 15 is 0 Å². The van der Waals surface area contributed by atoms with Crippen LogP contribution in [-0.4, -0.2) is 16.6 Å². The van der Waals surface area contributed by atoms with E-state index in [2.05, 4.69) is 4.98 Å². The summed E-state index contributed by atoms with van der Waals surface area (Å²) < 4.78 is 14.8. The highest BCUT2D eigenvalue weighted by molar-refractivity contribution is 8.00. The summed E-state index contributed by atoms with van der Waals surface area (Å²) >= 11 is 8.68. The molecule has 4 rings (SSSR count). The molecule has 0 radical (unpaired) electrons. The predicted molar refractivity (Wildman–Crippen MR) is 119 cm³/mol. The first-order valence-corrected chi connectivity index (χ1v) is 11.1. The number of hydrogen-bond acceptors (Lipinski definition) is 4. The van der Waals surface area contributed by atoms with Gasteiger partial charge < -0.3 is 0 Å². The molecule has 0 saturated carbocycles. The topological polar surface area (TPSA) is 33.2 Å². The number of amides is 1. The third-order valence-electron chi connectivity index (χ3n) is 4.25. The molecule has 146 valence electrons. The van der Waals surface area contributed by atoms with Crippen molar-refractivity contribution in [1.29, 1.82) is 0 Å². The Bertz CT molecular complexity index is 1130. The van der Waals surface area contributed by atoms with Crippen LogP contribution < -0.4 is 4.90 Å². The van der Waals surface area contributed by atoms with Crippen molar-refractivity contribution in [3.05, 3.63) is 89.2 Å². The van der Waals surface area contributed by atoms with Crippen molar-refractivity contribution in [2.75, 3.05) is 10.7 Å². The fourth-order valence-electron chi connectivity index (χ4n) is 2.80. The Hall–Kier alpha value is -2.41. The van der Waals surface area contributed by atoms with Gasteiger partial charge in [0.15, 0.2) is 5.13 Å². The van der Waals surface area contributed by atoms with Gasteiger partial charge in [-0.3, -0.25) is 9.69 Å². The Balaban J connectivity index is 1.60. The molecule has 1 heterocycles. The van der Waals surface area contributed by atoms with E-state index in [-0.39, 0.29) is 17.5 Å². The van der Waals surface area contributed by atoms with Gasteiger partial charge in [-0.2, -0.15) is 0 Å². The molecule has 0 aliphatic heterocycles. The van der Waals surface area contributed by atoms with Crippen molar-refractivity contribution in [3.8, 4) is 0 Å². The van der Waals surface area contributed by atoms with Crippen molar-refractivity contribution < 1.29 is 9.18 Å². The van der Waals surface area contributed by atoms with E-state index in [4.69, 9.17) is 11.6 Å². The summed E-state index contributed by atoms with van der Waals surface area (Å²) in [7, 11) is 0. The average molecular weight is 443 g/mol. The quantitative estimate of drug-likeness (QED) is 0.323. The minimum Gasteiger partial charge on any atom is -0.283 e. The van der Waals surface area contributed by atoms with Gasteiger partial charge in [-0.25, -0.2) is 9.37 Å². The summed E-state index contributed by atoms with van der Waals surface area (Å²) in [6.45, 7) is 0.377. The Morgan fingerprint density at radius 1 is 1.03 bits per heavy atom. The molecule has 0 spiro atoms. The van der Waals surface area contributed by atoms with Gasteiger partial charge in [0.1, 0.15) is 11.3 Å². The highest BCUT2D eigenvalue weighted by Crippen LogP contribution is 2.32. The number of fused-ring (bicyclic) bond motifs is 1. The number of anilines is 1. The van der Waals surface area contributed by atoms with Gasteiger partial charge in [0, 0.05) is 9.92 Å². The first-order valence-electron chi connectivity index (χ1n) is 8.88. The highest BCUT2D eigenvalue weighted by atomic mass is 35.5. The van der Waals surface area contributed by atoms with Gasteiger partial charge in [-0.1, -0.05) is 59.3 Å². The van der Waals surface area contributed by atoms with E-state index in [1.54, 1.807) is 23.1 Å². The number of nitrogens with zero attached hydrogens (tertiary/aromatic N) is 2. The predicted octanol–water partition coefficient (Wildman–Crippen LogP) is 6.41. The van der Waals surface area contributed by atoms with Crippen molar-refractivity contribution >= 4 is 56.0 Å². The van der Waals surface area contributed by atoms with Gasteiger partial charge >= 0.3 is 0 Å². The Kier molecular flexibility index (Phi) is 6.13. The summed E-state index contributed by atoms with van der Waals surface area (Å²) in [5.41, 5.74) is 1.28. The Morgan fingerprint density at radius 2 is 1.79 bits per heavy atom. The van der Waals surface area contributed by atoms with Crippen LogP contribution in [0.15, 0.2) is 77.7 Å². The molecular weight excluding hydrogens is 427 g/mol. The van der Waals surface area contributed by atoms with Gasteiger partial charge in [0.25, 0.3) is 0 Å². The molecule has 0 unspecified atom stereocenters. The van der Waals surface area contributed by atoms with Gasteiger partial charge in [0.2, 0.25) is 5.91 Å². The Labute approximate surface area is 181 Å². The Morgan fingerprint density at radius 3 is 2.52 bits per heavy atom. The second kappa shape index (κ2) is 8.95. The van der Waals surface area contributed by atoms with Crippen molar-refractivity contribution in [2.24, 2.45) is 0 Å². The number of carbonyl (C=O) groups excluding carboxylic acids is 1. The number of aromatic nitrogens is 1. The molecule has 3 aromatic carbocycles. The molecule has 0 N–H and O–H groups in total. The van der Waals surface area contributed by atoms with Crippen LogP contribution in [0.5, 0.6) is 0 Å². The monoisotopic (exact) mass is 442 g/mol. The van der Waals surface area contributed by atoms with Crippen LogP contribution >= 0.6 is 34.7 Å². The van der Waals surface area contributed by atoms with Crippen LogP contribution in [0.4, 0.5) is 9.52 Å². The first-order chi connectivity index (χ1) is 14.1. The molecule has 29 heavy (non-hydrogen) atoms. The van der Waals surface area contributed by atoms with Gasteiger partial charge in [-0.15, -0.1) is 11.8 Å². The normalized spacial score (nSPS) is 11.0. The van der Waals surface area contributed by atoms with E-state index in [9.17, 15) is 9.18 Å². The molecule has 0 atom stereocenters. The van der Waals surface area contributed by atoms with Crippen molar-refractivity contribution in [1.82, 2.24) is 4.98 Å². The molecule has 4 aromatic rings. The molecule has 0 fully saturated rings. The molecule has 0 aliphatic carbocycles. The number of para-hydroxylation sites is 1. The van der Waals surface area contributed by atoms with Crippen molar-refractivity contribution in [3.63, 3.8) is 0 Å². The van der Waals surface area contributed by atoms with E-state index in [1.165, 1.54) is 29.2 Å². The summed E-state index contributed by atoms with van der Waals surface area (Å²) in [6.07, 6.45) is 0. The number of carbonyl (C=O) groups is 1. The zero-order valence-corrected chi connectivity index (χ0v) is 17.6. The van der Waals surface area contributed by atoms with E-state index in [0.29, 0.717) is 22.2 Å². The van der Waals surface area contributed by atoms with E-state index in [0.717, 1.165) is 15.2 Å². The lowest BCUT2D eigenvalue weighted by Crippen LogP contribution is -2.31. The lowest BCUT2D eigenvalue weighted by molar-refractivity contribution is -0.116. The molecule has 0 aliphatic rings. The molecule has 3 nitrogen and oxygen atoms in total. The SMILES string of the molecule is O=C(CSc1ccc(Cl)cc1)N(Cc1ccccc1)c1nc2c(F)cccc2s1. The number of thioether (sulfide) groups is 1. The third-order valence-corrected chi connectivity index (χ3v) is 6.54. The van der Waals surface area contributed by atoms with Crippen LogP contribution in [-0.2, 0) is 11.3 Å². The summed E-state index contributed by atoms with van der Waals surface area (Å²) in [5.74, 6) is -0.228. The largest absolute Gasteiger partial charge is 0.283 e. The number of rotatable bonds is 6. The van der Waals surface area contributed by atoms with Crippen LogP contribution in [0.1, 0.15) is 5.56 Å². The fraction of sp³-hybridized carbons (Fsp3) is 0.0909. The second-order valence-corrected chi connectivity index (χ2v) is 8.79. The maximum absolute atomic E-state index is 14.1. The third kappa shape index (κ3) is 4.78. The van der Waals surface area contributed by atoms with E-state index < -0.39 is 0 Å².